The van der Waals surface area contributed by atoms with Crippen LogP contribution in [0, 0.1) is 5.92 Å². The second-order valence-electron chi connectivity index (χ2n) is 5.83. The first-order valence-electron chi connectivity index (χ1n) is 6.22. The van der Waals surface area contributed by atoms with Gasteiger partial charge in [-0.2, -0.15) is 0 Å². The van der Waals surface area contributed by atoms with Crippen LogP contribution in [-0.4, -0.2) is 26.7 Å². The molecule has 1 heterocycles. The largest absolute Gasteiger partial charge is 0.480 e. The van der Waals surface area contributed by atoms with E-state index >= 15 is 0 Å². The van der Waals surface area contributed by atoms with E-state index in [4.69, 9.17) is 5.11 Å². The maximum absolute atomic E-state index is 12.2. The first-order chi connectivity index (χ1) is 8.64. The summed E-state index contributed by atoms with van der Waals surface area (Å²) < 4.78 is 1.53. The number of hydrogen-bond donors (Lipinski definition) is 2. The van der Waals surface area contributed by atoms with Gasteiger partial charge in [0.25, 0.3) is 5.56 Å². The van der Waals surface area contributed by atoms with Crippen molar-refractivity contribution in [3.05, 3.63) is 22.7 Å². The zero-order valence-electron chi connectivity index (χ0n) is 12.0. The number of nitrogens with zero attached hydrogens (tertiary/aromatic N) is 2. The molecule has 0 saturated carbocycles. The third kappa shape index (κ3) is 3.56. The third-order valence-electron chi connectivity index (χ3n) is 2.79. The number of aliphatic carboxylic acids is 1. The Labute approximate surface area is 112 Å². The van der Waals surface area contributed by atoms with Crippen molar-refractivity contribution in [1.82, 2.24) is 9.55 Å². The molecule has 1 rings (SSSR count). The highest BCUT2D eigenvalue weighted by Gasteiger charge is 2.24. The molecule has 6 heteroatoms. The van der Waals surface area contributed by atoms with Crippen molar-refractivity contribution in [2.75, 3.05) is 5.32 Å². The van der Waals surface area contributed by atoms with Crippen LogP contribution in [0.15, 0.2) is 17.2 Å². The van der Waals surface area contributed by atoms with Gasteiger partial charge in [-0.1, -0.05) is 13.8 Å². The topological polar surface area (TPSA) is 84.2 Å². The molecule has 1 aromatic rings. The monoisotopic (exact) mass is 267 g/mol. The van der Waals surface area contributed by atoms with Gasteiger partial charge in [0.05, 0.1) is 0 Å². The van der Waals surface area contributed by atoms with Crippen molar-refractivity contribution in [3.63, 3.8) is 0 Å². The van der Waals surface area contributed by atoms with Crippen LogP contribution < -0.4 is 10.9 Å². The smallest absolute Gasteiger partial charge is 0.326 e. The van der Waals surface area contributed by atoms with E-state index in [1.807, 2.05) is 20.8 Å². The predicted molar refractivity (Wildman–Crippen MR) is 73.4 cm³/mol. The van der Waals surface area contributed by atoms with Gasteiger partial charge in [0.1, 0.15) is 6.04 Å². The van der Waals surface area contributed by atoms with Crippen molar-refractivity contribution < 1.29 is 9.90 Å². The molecule has 0 radical (unpaired) electrons. The van der Waals surface area contributed by atoms with Crippen LogP contribution in [0.25, 0.3) is 0 Å². The molecule has 106 valence electrons. The molecule has 0 fully saturated rings. The molecular formula is C13H21N3O3. The van der Waals surface area contributed by atoms with Gasteiger partial charge < -0.3 is 15.0 Å². The Morgan fingerprint density at radius 1 is 1.42 bits per heavy atom. The van der Waals surface area contributed by atoms with Gasteiger partial charge in [0, 0.05) is 17.9 Å². The highest BCUT2D eigenvalue weighted by molar-refractivity contribution is 5.77. The van der Waals surface area contributed by atoms with Crippen molar-refractivity contribution in [2.24, 2.45) is 5.92 Å². The Morgan fingerprint density at radius 2 is 2.00 bits per heavy atom. The fourth-order valence-electron chi connectivity index (χ4n) is 1.70. The van der Waals surface area contributed by atoms with E-state index in [1.54, 1.807) is 20.0 Å². The van der Waals surface area contributed by atoms with Gasteiger partial charge in [-0.3, -0.25) is 4.79 Å². The Kier molecular flexibility index (Phi) is 4.34. The number of rotatable bonds is 4. The summed E-state index contributed by atoms with van der Waals surface area (Å²) in [6.45, 7) is 9.24. The van der Waals surface area contributed by atoms with Gasteiger partial charge in [0.2, 0.25) is 0 Å². The molecule has 0 amide bonds. The van der Waals surface area contributed by atoms with Crippen LogP contribution >= 0.6 is 0 Å². The summed E-state index contributed by atoms with van der Waals surface area (Å²) in [6.07, 6.45) is 3.09. The molecule has 0 saturated heterocycles. The van der Waals surface area contributed by atoms with E-state index in [0.29, 0.717) is 0 Å². The van der Waals surface area contributed by atoms with Crippen molar-refractivity contribution in [3.8, 4) is 0 Å². The van der Waals surface area contributed by atoms with E-state index in [1.165, 1.54) is 10.8 Å². The molecule has 0 aromatic carbocycles. The molecule has 0 aliphatic heterocycles. The van der Waals surface area contributed by atoms with Crippen LogP contribution in [0.1, 0.15) is 34.6 Å². The van der Waals surface area contributed by atoms with Crippen molar-refractivity contribution >= 4 is 11.8 Å². The maximum Gasteiger partial charge on any atom is 0.326 e. The number of hydrogen-bond acceptors (Lipinski definition) is 4. The summed E-state index contributed by atoms with van der Waals surface area (Å²) >= 11 is 0. The molecule has 1 atom stereocenters. The highest BCUT2D eigenvalue weighted by Crippen LogP contribution is 2.12. The van der Waals surface area contributed by atoms with Crippen molar-refractivity contribution in [2.45, 2.75) is 46.2 Å². The molecule has 0 bridgehead atoms. The average molecular weight is 267 g/mol. The van der Waals surface area contributed by atoms with E-state index in [9.17, 15) is 9.59 Å². The fraction of sp³-hybridized carbons (Fsp3) is 0.615. The third-order valence-corrected chi connectivity index (χ3v) is 2.79. The van der Waals surface area contributed by atoms with E-state index in [-0.39, 0.29) is 22.8 Å². The normalized spacial score (nSPS) is 13.4. The van der Waals surface area contributed by atoms with Crippen LogP contribution in [-0.2, 0) is 10.3 Å². The number of carboxylic acids is 1. The van der Waals surface area contributed by atoms with Gasteiger partial charge in [-0.25, -0.2) is 9.78 Å². The van der Waals surface area contributed by atoms with Crippen molar-refractivity contribution in [1.29, 1.82) is 0 Å². The van der Waals surface area contributed by atoms with Crippen LogP contribution in [0.5, 0.6) is 0 Å². The van der Waals surface area contributed by atoms with Gasteiger partial charge in [0.15, 0.2) is 5.82 Å². The first-order valence-corrected chi connectivity index (χ1v) is 6.22. The summed E-state index contributed by atoms with van der Waals surface area (Å²) in [5, 5.41) is 11.8. The second-order valence-corrected chi connectivity index (χ2v) is 5.83. The molecule has 0 aliphatic carbocycles. The molecule has 0 spiro atoms. The molecular weight excluding hydrogens is 246 g/mol. The highest BCUT2D eigenvalue weighted by atomic mass is 16.4. The van der Waals surface area contributed by atoms with Crippen LogP contribution in [0.2, 0.25) is 0 Å². The molecule has 2 N–H and O–H groups in total. The molecule has 1 unspecified atom stereocenters. The summed E-state index contributed by atoms with van der Waals surface area (Å²) in [4.78, 5) is 27.3. The molecule has 1 aromatic heterocycles. The van der Waals surface area contributed by atoms with Crippen LogP contribution in [0.4, 0.5) is 5.82 Å². The van der Waals surface area contributed by atoms with Gasteiger partial charge >= 0.3 is 5.97 Å². The summed E-state index contributed by atoms with van der Waals surface area (Å²) in [7, 11) is 0. The molecule has 6 nitrogen and oxygen atoms in total. The minimum absolute atomic E-state index is 0.0681. The Hall–Kier alpha value is -1.85. The lowest BCUT2D eigenvalue weighted by molar-refractivity contribution is -0.138. The summed E-state index contributed by atoms with van der Waals surface area (Å²) in [5.74, 6) is -1.08. The quantitative estimate of drug-likeness (QED) is 0.864. The number of carboxylic acid groups (broad SMARTS) is 1. The van der Waals surface area contributed by atoms with E-state index < -0.39 is 12.0 Å². The Bertz CT molecular complexity index is 515. The zero-order chi connectivity index (χ0) is 14.8. The van der Waals surface area contributed by atoms with E-state index in [0.717, 1.165) is 0 Å². The SMILES string of the molecule is CC(C)C(Nc1nccn(C(C)(C)C)c1=O)C(=O)O. The number of anilines is 1. The molecule has 19 heavy (non-hydrogen) atoms. The maximum atomic E-state index is 12.2. The lowest BCUT2D eigenvalue weighted by Gasteiger charge is -2.24. The fourth-order valence-corrected chi connectivity index (χ4v) is 1.70. The standard InChI is InChI=1S/C13H21N3O3/c1-8(2)9(12(18)19)15-10-11(17)16(7-6-14-10)13(3,4)5/h6-9H,1-5H3,(H,14,15)(H,18,19). The summed E-state index contributed by atoms with van der Waals surface area (Å²) in [6, 6.07) is -0.837. The number of carbonyl (C=O) groups is 1. The Morgan fingerprint density at radius 3 is 2.42 bits per heavy atom. The van der Waals surface area contributed by atoms with Crippen LogP contribution in [0.3, 0.4) is 0 Å². The van der Waals surface area contributed by atoms with E-state index in [2.05, 4.69) is 10.3 Å². The minimum Gasteiger partial charge on any atom is -0.480 e. The zero-order valence-corrected chi connectivity index (χ0v) is 12.0. The number of aromatic nitrogens is 2. The van der Waals surface area contributed by atoms with Gasteiger partial charge in [-0.05, 0) is 26.7 Å². The first kappa shape index (κ1) is 15.2. The minimum atomic E-state index is -0.998. The van der Waals surface area contributed by atoms with Gasteiger partial charge in [-0.15, -0.1) is 0 Å². The lowest BCUT2D eigenvalue weighted by Crippen LogP contribution is -2.40. The second kappa shape index (κ2) is 5.42. The summed E-state index contributed by atoms with van der Waals surface area (Å²) in [5.41, 5.74) is -0.700. The lowest BCUT2D eigenvalue weighted by atomic mass is 10.0. The predicted octanol–water partition coefficient (Wildman–Crippen LogP) is 1.52. The number of nitrogens with one attached hydrogen (secondary N) is 1. The molecule has 0 aliphatic rings. The average Bonchev–Trinajstić information content (AvgIpc) is 2.24. The Balaban J connectivity index is 3.16.